The molecule has 0 N–H and O–H groups in total. The molecule has 5 nitrogen and oxygen atoms in total. The van der Waals surface area contributed by atoms with E-state index in [9.17, 15) is 0 Å². The number of hydrogen-bond acceptors (Lipinski definition) is 5. The molecule has 0 aromatic carbocycles. The quantitative estimate of drug-likeness (QED) is 0.580. The van der Waals surface area contributed by atoms with Crippen LogP contribution in [0.4, 0.5) is 11.5 Å². The lowest BCUT2D eigenvalue weighted by molar-refractivity contribution is 0.933. The predicted octanol–water partition coefficient (Wildman–Crippen LogP) is 3.62. The van der Waals surface area contributed by atoms with Crippen molar-refractivity contribution in [3.05, 3.63) is 60.5 Å². The van der Waals surface area contributed by atoms with E-state index in [1.165, 1.54) is 4.88 Å². The Morgan fingerprint density at radius 1 is 1.14 bits per heavy atom. The second-order valence-electron chi connectivity index (χ2n) is 4.86. The topological polar surface area (TPSA) is 46.3 Å². The van der Waals surface area contributed by atoms with Crippen LogP contribution < -0.4 is 4.90 Å². The highest BCUT2D eigenvalue weighted by molar-refractivity contribution is 7.13. The number of fused-ring (bicyclic) bond motifs is 1. The molecule has 108 valence electrons. The second kappa shape index (κ2) is 5.23. The highest BCUT2D eigenvalue weighted by Gasteiger charge is 2.12. The maximum absolute atomic E-state index is 4.77. The Hall–Kier alpha value is -2.73. The number of nitrogens with zero attached hydrogens (tertiary/aromatic N) is 5. The monoisotopic (exact) mass is 307 g/mol. The third kappa shape index (κ3) is 2.14. The van der Waals surface area contributed by atoms with Gasteiger partial charge in [-0.3, -0.25) is 4.98 Å². The number of aromatic nitrogens is 4. The molecule has 4 heterocycles. The van der Waals surface area contributed by atoms with Crippen LogP contribution in [0.2, 0.25) is 0 Å². The van der Waals surface area contributed by atoms with Gasteiger partial charge in [-0.1, -0.05) is 6.07 Å². The fourth-order valence-electron chi connectivity index (χ4n) is 2.34. The third-order valence-corrected chi connectivity index (χ3v) is 4.42. The van der Waals surface area contributed by atoms with Crippen molar-refractivity contribution in [2.24, 2.45) is 0 Å². The van der Waals surface area contributed by atoms with Gasteiger partial charge in [-0.2, -0.15) is 5.10 Å². The summed E-state index contributed by atoms with van der Waals surface area (Å²) in [5, 5.41) is 6.44. The molecule has 0 aliphatic rings. The SMILES string of the molecule is CN(c1cccnc1)c1ccn2ncc(-c3cccs3)c2n1. The van der Waals surface area contributed by atoms with E-state index in [1.807, 2.05) is 54.8 Å². The molecule has 0 unspecified atom stereocenters. The first-order valence-corrected chi connectivity index (χ1v) is 7.73. The van der Waals surface area contributed by atoms with Crippen LogP contribution in [0.25, 0.3) is 16.1 Å². The van der Waals surface area contributed by atoms with Crippen molar-refractivity contribution in [1.82, 2.24) is 19.6 Å². The van der Waals surface area contributed by atoms with Crippen LogP contribution in [-0.2, 0) is 0 Å². The minimum atomic E-state index is 0.857. The van der Waals surface area contributed by atoms with Crippen molar-refractivity contribution in [3.8, 4) is 10.4 Å². The molecule has 0 aliphatic carbocycles. The van der Waals surface area contributed by atoms with Crippen LogP contribution in [0, 0.1) is 0 Å². The van der Waals surface area contributed by atoms with E-state index in [0.717, 1.165) is 22.7 Å². The van der Waals surface area contributed by atoms with Crippen molar-refractivity contribution in [2.75, 3.05) is 11.9 Å². The van der Waals surface area contributed by atoms with Crippen LogP contribution >= 0.6 is 11.3 Å². The molecular formula is C16H13N5S. The lowest BCUT2D eigenvalue weighted by Crippen LogP contribution is -2.12. The average Bonchev–Trinajstić information content (AvgIpc) is 3.23. The van der Waals surface area contributed by atoms with E-state index in [2.05, 4.69) is 21.5 Å². The Morgan fingerprint density at radius 2 is 2.09 bits per heavy atom. The van der Waals surface area contributed by atoms with Gasteiger partial charge in [-0.15, -0.1) is 11.3 Å². The number of pyridine rings is 1. The molecule has 22 heavy (non-hydrogen) atoms. The van der Waals surface area contributed by atoms with Crippen molar-refractivity contribution in [3.63, 3.8) is 0 Å². The first-order valence-electron chi connectivity index (χ1n) is 6.85. The Labute approximate surface area is 131 Å². The summed E-state index contributed by atoms with van der Waals surface area (Å²) in [6.45, 7) is 0. The summed E-state index contributed by atoms with van der Waals surface area (Å²) in [7, 11) is 1.98. The zero-order chi connectivity index (χ0) is 14.9. The average molecular weight is 307 g/mol. The van der Waals surface area contributed by atoms with Gasteiger partial charge in [0, 0.05) is 24.3 Å². The van der Waals surface area contributed by atoms with E-state index in [-0.39, 0.29) is 0 Å². The van der Waals surface area contributed by atoms with Crippen LogP contribution in [0.5, 0.6) is 0 Å². The first-order chi connectivity index (χ1) is 10.8. The van der Waals surface area contributed by atoms with Crippen LogP contribution in [0.1, 0.15) is 0 Å². The fourth-order valence-corrected chi connectivity index (χ4v) is 3.07. The molecule has 0 aliphatic heterocycles. The number of hydrogen-bond donors (Lipinski definition) is 0. The van der Waals surface area contributed by atoms with E-state index in [1.54, 1.807) is 22.0 Å². The standard InChI is InChI=1S/C16H13N5S/c1-20(12-4-2-7-17-10-12)15-6-8-21-16(19-15)13(11-18-21)14-5-3-9-22-14/h2-11H,1H3. The van der Waals surface area contributed by atoms with Crippen molar-refractivity contribution < 1.29 is 0 Å². The molecule has 4 rings (SSSR count). The van der Waals surface area contributed by atoms with Gasteiger partial charge < -0.3 is 4.90 Å². The molecule has 4 aromatic heterocycles. The summed E-state index contributed by atoms with van der Waals surface area (Å²) in [6.07, 6.45) is 7.38. The lowest BCUT2D eigenvalue weighted by atomic mass is 10.3. The minimum absolute atomic E-state index is 0.857. The Kier molecular flexibility index (Phi) is 3.08. The van der Waals surface area contributed by atoms with Crippen LogP contribution in [0.3, 0.4) is 0 Å². The van der Waals surface area contributed by atoms with Crippen molar-refractivity contribution >= 4 is 28.5 Å². The smallest absolute Gasteiger partial charge is 0.165 e. The first kappa shape index (κ1) is 13.0. The van der Waals surface area contributed by atoms with Crippen molar-refractivity contribution in [2.45, 2.75) is 0 Å². The molecule has 0 saturated carbocycles. The summed E-state index contributed by atoms with van der Waals surface area (Å²) < 4.78 is 1.80. The molecule has 0 fully saturated rings. The summed E-state index contributed by atoms with van der Waals surface area (Å²) in [6, 6.07) is 10.00. The van der Waals surface area contributed by atoms with Gasteiger partial charge >= 0.3 is 0 Å². The Morgan fingerprint density at radius 3 is 2.86 bits per heavy atom. The number of thiophene rings is 1. The van der Waals surface area contributed by atoms with Crippen LogP contribution in [0.15, 0.2) is 60.5 Å². The van der Waals surface area contributed by atoms with E-state index < -0.39 is 0 Å². The van der Waals surface area contributed by atoms with Gasteiger partial charge in [0.05, 0.1) is 23.6 Å². The molecular weight excluding hydrogens is 294 g/mol. The zero-order valence-electron chi connectivity index (χ0n) is 11.9. The van der Waals surface area contributed by atoms with Gasteiger partial charge in [-0.25, -0.2) is 9.50 Å². The van der Waals surface area contributed by atoms with Gasteiger partial charge in [0.2, 0.25) is 0 Å². The van der Waals surface area contributed by atoms with Crippen molar-refractivity contribution in [1.29, 1.82) is 0 Å². The Balaban J connectivity index is 1.82. The molecule has 4 aromatic rings. The normalized spacial score (nSPS) is 11.0. The molecule has 0 saturated heterocycles. The van der Waals surface area contributed by atoms with Crippen LogP contribution in [-0.4, -0.2) is 26.6 Å². The fraction of sp³-hybridized carbons (Fsp3) is 0.0625. The summed E-state index contributed by atoms with van der Waals surface area (Å²) >= 11 is 1.69. The predicted molar refractivity (Wildman–Crippen MR) is 88.6 cm³/mol. The largest absolute Gasteiger partial charge is 0.328 e. The number of anilines is 2. The summed E-state index contributed by atoms with van der Waals surface area (Å²) in [5.74, 6) is 0.860. The zero-order valence-corrected chi connectivity index (χ0v) is 12.7. The lowest BCUT2D eigenvalue weighted by Gasteiger charge is -2.17. The van der Waals surface area contributed by atoms with Gasteiger partial charge in [0.15, 0.2) is 5.65 Å². The highest BCUT2D eigenvalue weighted by Crippen LogP contribution is 2.29. The number of rotatable bonds is 3. The molecule has 0 bridgehead atoms. The summed E-state index contributed by atoms with van der Waals surface area (Å²) in [5.41, 5.74) is 2.91. The van der Waals surface area contributed by atoms with Gasteiger partial charge in [-0.05, 0) is 29.6 Å². The van der Waals surface area contributed by atoms with Gasteiger partial charge in [0.25, 0.3) is 0 Å². The molecule has 0 radical (unpaired) electrons. The van der Waals surface area contributed by atoms with Gasteiger partial charge in [0.1, 0.15) is 5.82 Å². The maximum atomic E-state index is 4.77. The highest BCUT2D eigenvalue weighted by atomic mass is 32.1. The minimum Gasteiger partial charge on any atom is -0.328 e. The second-order valence-corrected chi connectivity index (χ2v) is 5.81. The molecule has 0 amide bonds. The third-order valence-electron chi connectivity index (χ3n) is 3.52. The van der Waals surface area contributed by atoms with E-state index in [0.29, 0.717) is 0 Å². The van der Waals surface area contributed by atoms with E-state index in [4.69, 9.17) is 4.98 Å². The summed E-state index contributed by atoms with van der Waals surface area (Å²) in [4.78, 5) is 12.1. The van der Waals surface area contributed by atoms with E-state index >= 15 is 0 Å². The Bertz CT molecular complexity index is 899. The molecule has 0 atom stereocenters. The maximum Gasteiger partial charge on any atom is 0.165 e. The molecule has 6 heteroatoms. The molecule has 0 spiro atoms.